The number of rotatable bonds is 2. The normalized spacial score (nSPS) is 25.9. The van der Waals surface area contributed by atoms with E-state index in [9.17, 15) is 0 Å². The van der Waals surface area contributed by atoms with Crippen molar-refractivity contribution < 1.29 is 0 Å². The molecule has 0 aromatic carbocycles. The Morgan fingerprint density at radius 3 is 2.94 bits per heavy atom. The first-order valence-corrected chi connectivity index (χ1v) is 7.19. The van der Waals surface area contributed by atoms with Gasteiger partial charge in [0.2, 0.25) is 0 Å². The molecule has 0 aliphatic carbocycles. The van der Waals surface area contributed by atoms with Crippen molar-refractivity contribution in [2.24, 2.45) is 0 Å². The molecule has 2 aliphatic rings. The zero-order chi connectivity index (χ0) is 12.4. The summed E-state index contributed by atoms with van der Waals surface area (Å²) in [5.74, 6) is 0. The zero-order valence-electron chi connectivity index (χ0n) is 11.3. The Hall–Kier alpha value is -0.930. The molecule has 3 nitrogen and oxygen atoms in total. The minimum atomic E-state index is 0.811. The molecule has 1 aromatic heterocycles. The molecular weight excluding hydrogens is 222 g/mol. The Balaban J connectivity index is 1.63. The van der Waals surface area contributed by atoms with Crippen molar-refractivity contribution in [1.82, 2.24) is 14.8 Å². The summed E-state index contributed by atoms with van der Waals surface area (Å²) in [6.07, 6.45) is 6.13. The fourth-order valence-corrected chi connectivity index (χ4v) is 3.28. The van der Waals surface area contributed by atoms with Gasteiger partial charge in [-0.05, 0) is 57.5 Å². The van der Waals surface area contributed by atoms with Gasteiger partial charge in [0.15, 0.2) is 0 Å². The third kappa shape index (κ3) is 2.73. The third-order valence-electron chi connectivity index (χ3n) is 4.27. The van der Waals surface area contributed by atoms with Crippen molar-refractivity contribution in [2.45, 2.75) is 38.8 Å². The lowest BCUT2D eigenvalue weighted by atomic mass is 10.2. The molecule has 1 aromatic rings. The van der Waals surface area contributed by atoms with Crippen LogP contribution in [0.2, 0.25) is 0 Å². The van der Waals surface area contributed by atoms with Gasteiger partial charge in [0.25, 0.3) is 0 Å². The number of aromatic nitrogens is 1. The van der Waals surface area contributed by atoms with E-state index >= 15 is 0 Å². The van der Waals surface area contributed by atoms with Crippen LogP contribution < -0.4 is 0 Å². The summed E-state index contributed by atoms with van der Waals surface area (Å²) >= 11 is 0. The molecule has 0 saturated carbocycles. The average molecular weight is 245 g/mol. The molecule has 0 amide bonds. The van der Waals surface area contributed by atoms with Crippen LogP contribution in [0.15, 0.2) is 18.3 Å². The molecule has 2 fully saturated rings. The highest BCUT2D eigenvalue weighted by molar-refractivity contribution is 5.13. The van der Waals surface area contributed by atoms with E-state index in [0.29, 0.717) is 0 Å². The molecule has 0 radical (unpaired) electrons. The smallest absolute Gasteiger partial charge is 0.0372 e. The maximum atomic E-state index is 4.40. The van der Waals surface area contributed by atoms with E-state index in [1.54, 1.807) is 0 Å². The van der Waals surface area contributed by atoms with Gasteiger partial charge in [0, 0.05) is 31.0 Å². The van der Waals surface area contributed by atoms with E-state index in [4.69, 9.17) is 0 Å². The van der Waals surface area contributed by atoms with Gasteiger partial charge in [-0.3, -0.25) is 14.8 Å². The van der Waals surface area contributed by atoms with Crippen molar-refractivity contribution in [3.05, 3.63) is 29.6 Å². The highest BCUT2D eigenvalue weighted by Crippen LogP contribution is 2.22. The number of fused-ring (bicyclic) bond motifs is 1. The highest BCUT2D eigenvalue weighted by atomic mass is 15.3. The summed E-state index contributed by atoms with van der Waals surface area (Å²) in [5.41, 5.74) is 2.46. The Kier molecular flexibility index (Phi) is 3.62. The fourth-order valence-electron chi connectivity index (χ4n) is 3.28. The van der Waals surface area contributed by atoms with E-state index in [2.05, 4.69) is 26.9 Å². The van der Waals surface area contributed by atoms with Gasteiger partial charge in [-0.2, -0.15) is 0 Å². The molecule has 1 atom stereocenters. The first-order chi connectivity index (χ1) is 8.81. The van der Waals surface area contributed by atoms with Crippen LogP contribution in [0.5, 0.6) is 0 Å². The maximum absolute atomic E-state index is 4.40. The molecule has 2 aliphatic heterocycles. The lowest BCUT2D eigenvalue weighted by Crippen LogP contribution is -2.36. The topological polar surface area (TPSA) is 19.4 Å². The lowest BCUT2D eigenvalue weighted by molar-refractivity contribution is 0.215. The molecule has 2 saturated heterocycles. The number of hydrogen-bond acceptors (Lipinski definition) is 3. The van der Waals surface area contributed by atoms with Gasteiger partial charge in [0.05, 0.1) is 0 Å². The summed E-state index contributed by atoms with van der Waals surface area (Å²) in [7, 11) is 0. The van der Waals surface area contributed by atoms with Crippen LogP contribution in [0.3, 0.4) is 0 Å². The molecule has 3 rings (SSSR count). The molecular formula is C15H23N3. The summed E-state index contributed by atoms with van der Waals surface area (Å²) in [4.78, 5) is 9.70. The van der Waals surface area contributed by atoms with Crippen LogP contribution in [0, 0.1) is 6.92 Å². The van der Waals surface area contributed by atoms with Crippen molar-refractivity contribution >= 4 is 0 Å². The molecule has 0 spiro atoms. The molecule has 0 bridgehead atoms. The van der Waals surface area contributed by atoms with Crippen LogP contribution >= 0.6 is 0 Å². The predicted octanol–water partition coefficient (Wildman–Crippen LogP) is 2.06. The van der Waals surface area contributed by atoms with Crippen molar-refractivity contribution in [3.8, 4) is 0 Å². The second-order valence-corrected chi connectivity index (χ2v) is 5.73. The van der Waals surface area contributed by atoms with E-state index in [-0.39, 0.29) is 0 Å². The van der Waals surface area contributed by atoms with Crippen LogP contribution in [-0.2, 0) is 6.54 Å². The molecule has 18 heavy (non-hydrogen) atoms. The standard InChI is InChI=1S/C15H23N3/c1-13-5-6-14(10-16-13)11-17-7-3-9-18-8-2-4-15(18)12-17/h5-6,10,15H,2-4,7-9,11-12H2,1H3. The summed E-state index contributed by atoms with van der Waals surface area (Å²) < 4.78 is 0. The number of nitrogens with zero attached hydrogens (tertiary/aromatic N) is 3. The van der Waals surface area contributed by atoms with E-state index in [1.165, 1.54) is 51.0 Å². The van der Waals surface area contributed by atoms with E-state index < -0.39 is 0 Å². The van der Waals surface area contributed by atoms with Gasteiger partial charge >= 0.3 is 0 Å². The first kappa shape index (κ1) is 12.1. The van der Waals surface area contributed by atoms with Crippen molar-refractivity contribution in [3.63, 3.8) is 0 Å². The minimum absolute atomic E-state index is 0.811. The summed E-state index contributed by atoms with van der Waals surface area (Å²) in [6, 6.07) is 5.15. The summed E-state index contributed by atoms with van der Waals surface area (Å²) in [5, 5.41) is 0. The van der Waals surface area contributed by atoms with E-state index in [1.807, 2.05) is 13.1 Å². The SMILES string of the molecule is Cc1ccc(CN2CCCN3CCCC3C2)cn1. The molecule has 0 N–H and O–H groups in total. The van der Waals surface area contributed by atoms with Crippen LogP contribution in [0.4, 0.5) is 0 Å². The molecule has 3 heteroatoms. The Morgan fingerprint density at radius 2 is 2.11 bits per heavy atom. The third-order valence-corrected chi connectivity index (χ3v) is 4.27. The van der Waals surface area contributed by atoms with Crippen LogP contribution in [0.1, 0.15) is 30.5 Å². The Morgan fingerprint density at radius 1 is 1.22 bits per heavy atom. The maximum Gasteiger partial charge on any atom is 0.0372 e. The molecule has 98 valence electrons. The minimum Gasteiger partial charge on any atom is -0.299 e. The number of pyridine rings is 1. The van der Waals surface area contributed by atoms with E-state index in [0.717, 1.165) is 18.3 Å². The van der Waals surface area contributed by atoms with Crippen molar-refractivity contribution in [2.75, 3.05) is 26.2 Å². The zero-order valence-corrected chi connectivity index (χ0v) is 11.3. The fraction of sp³-hybridized carbons (Fsp3) is 0.667. The van der Waals surface area contributed by atoms with Crippen molar-refractivity contribution in [1.29, 1.82) is 0 Å². The Bertz CT molecular complexity index is 387. The highest BCUT2D eigenvalue weighted by Gasteiger charge is 2.28. The summed E-state index contributed by atoms with van der Waals surface area (Å²) in [6.45, 7) is 8.22. The second-order valence-electron chi connectivity index (χ2n) is 5.73. The van der Waals surface area contributed by atoms with Gasteiger partial charge < -0.3 is 0 Å². The quantitative estimate of drug-likeness (QED) is 0.795. The first-order valence-electron chi connectivity index (χ1n) is 7.19. The lowest BCUT2D eigenvalue weighted by Gasteiger charge is -2.25. The Labute approximate surface area is 110 Å². The molecule has 3 heterocycles. The van der Waals surface area contributed by atoms with Crippen LogP contribution in [-0.4, -0.2) is 47.0 Å². The second kappa shape index (κ2) is 5.37. The van der Waals surface area contributed by atoms with Gasteiger partial charge in [0.1, 0.15) is 0 Å². The monoisotopic (exact) mass is 245 g/mol. The van der Waals surface area contributed by atoms with Gasteiger partial charge in [-0.1, -0.05) is 6.07 Å². The average Bonchev–Trinajstić information content (AvgIpc) is 2.71. The largest absolute Gasteiger partial charge is 0.299 e. The van der Waals surface area contributed by atoms with Gasteiger partial charge in [-0.15, -0.1) is 0 Å². The number of aryl methyl sites for hydroxylation is 1. The van der Waals surface area contributed by atoms with Crippen LogP contribution in [0.25, 0.3) is 0 Å². The predicted molar refractivity (Wildman–Crippen MR) is 73.5 cm³/mol. The molecule has 1 unspecified atom stereocenters. The number of hydrogen-bond donors (Lipinski definition) is 0. The van der Waals surface area contributed by atoms with Gasteiger partial charge in [-0.25, -0.2) is 0 Å².